The smallest absolute Gasteiger partial charge is 0.117 e. The molecule has 2 unspecified atom stereocenters. The largest absolute Gasteiger partial charge is 0.508 e. The van der Waals surface area contributed by atoms with E-state index in [0.717, 1.165) is 25.2 Å². The molecule has 3 nitrogen and oxygen atoms in total. The molecule has 0 saturated carbocycles. The molecule has 2 heterocycles. The van der Waals surface area contributed by atoms with Gasteiger partial charge in [0, 0.05) is 24.6 Å². The predicted molar refractivity (Wildman–Crippen MR) is 65.4 cm³/mol. The summed E-state index contributed by atoms with van der Waals surface area (Å²) in [4.78, 5) is 2.33. The average Bonchev–Trinajstić information content (AvgIpc) is 2.57. The number of benzene rings is 1. The average molecular weight is 239 g/mol. The Balaban J connectivity index is 2.04. The standard InChI is InChI=1S/C12H15ClN2O/c1-15-3-2-11-9(6-15)8-4-7(16)5-10(13)12(8)14-11/h4-5,9,11,14,16H,2-3,6H2,1H3. The lowest BCUT2D eigenvalue weighted by molar-refractivity contribution is 0.243. The maximum Gasteiger partial charge on any atom is 0.117 e. The Hall–Kier alpha value is -0.930. The van der Waals surface area contributed by atoms with Gasteiger partial charge in [-0.2, -0.15) is 0 Å². The number of hydrogen-bond acceptors (Lipinski definition) is 3. The summed E-state index contributed by atoms with van der Waals surface area (Å²) in [6.45, 7) is 2.15. The number of fused-ring (bicyclic) bond motifs is 3. The molecule has 1 saturated heterocycles. The van der Waals surface area contributed by atoms with Crippen molar-refractivity contribution in [3.63, 3.8) is 0 Å². The van der Waals surface area contributed by atoms with Crippen molar-refractivity contribution in [2.75, 3.05) is 25.5 Å². The van der Waals surface area contributed by atoms with Gasteiger partial charge in [0.25, 0.3) is 0 Å². The van der Waals surface area contributed by atoms with E-state index in [-0.39, 0.29) is 5.75 Å². The van der Waals surface area contributed by atoms with Crippen molar-refractivity contribution in [2.45, 2.75) is 18.4 Å². The zero-order chi connectivity index (χ0) is 11.3. The molecule has 86 valence electrons. The number of piperidine rings is 1. The number of likely N-dealkylation sites (N-methyl/N-ethyl adjacent to an activating group) is 1. The molecule has 3 rings (SSSR count). The van der Waals surface area contributed by atoms with E-state index in [1.54, 1.807) is 6.07 Å². The third-order valence-electron chi connectivity index (χ3n) is 3.65. The number of aromatic hydroxyl groups is 1. The number of halogens is 1. The van der Waals surface area contributed by atoms with Crippen LogP contribution in [0.1, 0.15) is 17.9 Å². The van der Waals surface area contributed by atoms with Gasteiger partial charge in [0.2, 0.25) is 0 Å². The number of nitrogens with one attached hydrogen (secondary N) is 1. The Morgan fingerprint density at radius 2 is 2.31 bits per heavy atom. The zero-order valence-corrected chi connectivity index (χ0v) is 9.96. The van der Waals surface area contributed by atoms with Crippen molar-refractivity contribution >= 4 is 17.3 Å². The predicted octanol–water partition coefficient (Wildman–Crippen LogP) is 2.26. The van der Waals surface area contributed by atoms with E-state index < -0.39 is 0 Å². The van der Waals surface area contributed by atoms with Gasteiger partial charge < -0.3 is 15.3 Å². The summed E-state index contributed by atoms with van der Waals surface area (Å²) in [5.74, 6) is 0.720. The first-order chi connectivity index (χ1) is 7.65. The van der Waals surface area contributed by atoms with Gasteiger partial charge in [-0.25, -0.2) is 0 Å². The van der Waals surface area contributed by atoms with Crippen LogP contribution in [-0.2, 0) is 0 Å². The van der Waals surface area contributed by atoms with E-state index in [1.165, 1.54) is 5.56 Å². The molecule has 16 heavy (non-hydrogen) atoms. The minimum absolute atomic E-state index is 0.263. The van der Waals surface area contributed by atoms with Gasteiger partial charge in [-0.05, 0) is 31.6 Å². The van der Waals surface area contributed by atoms with E-state index >= 15 is 0 Å². The first kappa shape index (κ1) is 10.2. The van der Waals surface area contributed by atoms with E-state index in [2.05, 4.69) is 17.3 Å². The number of anilines is 1. The van der Waals surface area contributed by atoms with Crippen LogP contribution in [0.25, 0.3) is 0 Å². The normalized spacial score (nSPS) is 28.4. The van der Waals surface area contributed by atoms with Crippen molar-refractivity contribution < 1.29 is 5.11 Å². The Morgan fingerprint density at radius 1 is 1.50 bits per heavy atom. The van der Waals surface area contributed by atoms with Crippen LogP contribution < -0.4 is 5.32 Å². The summed E-state index contributed by atoms with van der Waals surface area (Å²) in [5, 5.41) is 13.7. The van der Waals surface area contributed by atoms with Crippen LogP contribution >= 0.6 is 11.6 Å². The maximum absolute atomic E-state index is 9.61. The lowest BCUT2D eigenvalue weighted by atomic mass is 9.89. The second kappa shape index (κ2) is 3.54. The van der Waals surface area contributed by atoms with Gasteiger partial charge in [0.15, 0.2) is 0 Å². The highest BCUT2D eigenvalue weighted by Crippen LogP contribution is 2.45. The molecule has 1 aromatic carbocycles. The fourth-order valence-corrected chi connectivity index (χ4v) is 3.12. The fraction of sp³-hybridized carbons (Fsp3) is 0.500. The van der Waals surface area contributed by atoms with Crippen molar-refractivity contribution in [2.24, 2.45) is 0 Å². The molecule has 0 aliphatic carbocycles. The Bertz CT molecular complexity index is 435. The highest BCUT2D eigenvalue weighted by atomic mass is 35.5. The van der Waals surface area contributed by atoms with Crippen LogP contribution in [0.4, 0.5) is 5.69 Å². The van der Waals surface area contributed by atoms with Gasteiger partial charge >= 0.3 is 0 Å². The van der Waals surface area contributed by atoms with Crippen LogP contribution in [0.5, 0.6) is 5.75 Å². The summed E-state index contributed by atoms with van der Waals surface area (Å²) >= 11 is 6.14. The molecule has 2 N–H and O–H groups in total. The van der Waals surface area contributed by atoms with Crippen LogP contribution in [0.15, 0.2) is 12.1 Å². The molecule has 0 aromatic heterocycles. The molecule has 4 heteroatoms. The summed E-state index contributed by atoms with van der Waals surface area (Å²) < 4.78 is 0. The number of phenols is 1. The second-order valence-corrected chi connectivity index (χ2v) is 5.21. The molecule has 2 atom stereocenters. The minimum atomic E-state index is 0.263. The third-order valence-corrected chi connectivity index (χ3v) is 3.95. The molecule has 1 fully saturated rings. The fourth-order valence-electron chi connectivity index (χ4n) is 2.85. The zero-order valence-electron chi connectivity index (χ0n) is 9.20. The monoisotopic (exact) mass is 238 g/mol. The Labute approximate surface area is 100 Å². The topological polar surface area (TPSA) is 35.5 Å². The Kier molecular flexibility index (Phi) is 2.26. The highest BCUT2D eigenvalue weighted by molar-refractivity contribution is 6.33. The first-order valence-corrected chi connectivity index (χ1v) is 6.00. The van der Waals surface area contributed by atoms with E-state index in [1.807, 2.05) is 6.07 Å². The van der Waals surface area contributed by atoms with E-state index in [9.17, 15) is 5.11 Å². The first-order valence-electron chi connectivity index (χ1n) is 5.62. The highest BCUT2D eigenvalue weighted by Gasteiger charge is 2.37. The summed E-state index contributed by atoms with van der Waals surface area (Å²) in [6, 6.07) is 3.93. The van der Waals surface area contributed by atoms with Crippen LogP contribution in [0, 0.1) is 0 Å². The third kappa shape index (κ3) is 1.46. The summed E-state index contributed by atoms with van der Waals surface area (Å²) in [6.07, 6.45) is 1.13. The summed E-state index contributed by atoms with van der Waals surface area (Å²) in [7, 11) is 2.14. The van der Waals surface area contributed by atoms with Crippen molar-refractivity contribution in [1.29, 1.82) is 0 Å². The molecule has 2 aliphatic rings. The Morgan fingerprint density at radius 3 is 3.12 bits per heavy atom. The maximum atomic E-state index is 9.61. The molecular formula is C12H15ClN2O. The number of likely N-dealkylation sites (tertiary alicyclic amines) is 1. The molecule has 0 radical (unpaired) electrons. The lowest BCUT2D eigenvalue weighted by Gasteiger charge is -2.32. The van der Waals surface area contributed by atoms with Gasteiger partial charge in [-0.1, -0.05) is 11.6 Å². The van der Waals surface area contributed by atoms with E-state index in [4.69, 9.17) is 11.6 Å². The van der Waals surface area contributed by atoms with Crippen LogP contribution in [-0.4, -0.2) is 36.2 Å². The number of nitrogens with zero attached hydrogens (tertiary/aromatic N) is 1. The van der Waals surface area contributed by atoms with Gasteiger partial charge in [-0.3, -0.25) is 0 Å². The van der Waals surface area contributed by atoms with Gasteiger partial charge in [0.1, 0.15) is 5.75 Å². The minimum Gasteiger partial charge on any atom is -0.508 e. The summed E-state index contributed by atoms with van der Waals surface area (Å²) in [5.41, 5.74) is 2.19. The van der Waals surface area contributed by atoms with Crippen molar-refractivity contribution in [3.8, 4) is 5.75 Å². The van der Waals surface area contributed by atoms with Gasteiger partial charge in [-0.15, -0.1) is 0 Å². The van der Waals surface area contributed by atoms with Gasteiger partial charge in [0.05, 0.1) is 10.7 Å². The molecule has 0 bridgehead atoms. The number of rotatable bonds is 0. The SMILES string of the molecule is CN1CCC2Nc3c(Cl)cc(O)cc3C2C1. The molecule has 2 aliphatic heterocycles. The second-order valence-electron chi connectivity index (χ2n) is 4.80. The molecular weight excluding hydrogens is 224 g/mol. The van der Waals surface area contributed by atoms with E-state index in [0.29, 0.717) is 17.0 Å². The lowest BCUT2D eigenvalue weighted by Crippen LogP contribution is -2.39. The number of hydrogen-bond donors (Lipinski definition) is 2. The van der Waals surface area contributed by atoms with Crippen LogP contribution in [0.3, 0.4) is 0 Å². The molecule has 0 spiro atoms. The van der Waals surface area contributed by atoms with Crippen LogP contribution in [0.2, 0.25) is 5.02 Å². The van der Waals surface area contributed by atoms with Crippen molar-refractivity contribution in [1.82, 2.24) is 4.90 Å². The quantitative estimate of drug-likeness (QED) is 0.681. The van der Waals surface area contributed by atoms with Crippen molar-refractivity contribution in [3.05, 3.63) is 22.7 Å². The molecule has 0 amide bonds. The molecule has 1 aromatic rings. The number of phenolic OH excluding ortho intramolecular Hbond substituents is 1.